The van der Waals surface area contributed by atoms with E-state index < -0.39 is 0 Å². The Hall–Kier alpha value is -6.64. The van der Waals surface area contributed by atoms with Gasteiger partial charge in [-0.2, -0.15) is 0 Å². The summed E-state index contributed by atoms with van der Waals surface area (Å²) in [5, 5.41) is 10.2. The molecule has 0 fully saturated rings. The van der Waals surface area contributed by atoms with Gasteiger partial charge in [-0.3, -0.25) is 0 Å². The fraction of sp³-hybridized carbons (Fsp3) is 0. The Balaban J connectivity index is 1.06. The number of para-hydroxylation sites is 1. The normalized spacial score (nSPS) is 11.6. The van der Waals surface area contributed by atoms with Gasteiger partial charge in [0.05, 0.1) is 11.0 Å². The molecular formula is C48H32N2. The SMILES string of the molecule is c1ccc(N(c2ccc(-c3ccc(-n4c5ccc6ccccc6c5c5c6ccccc6ccc54)cc3)cc2)c2ccc3ccccc3c2)cc1. The van der Waals surface area contributed by atoms with Gasteiger partial charge < -0.3 is 9.47 Å². The Labute approximate surface area is 290 Å². The van der Waals surface area contributed by atoms with Crippen LogP contribution in [0.2, 0.25) is 0 Å². The van der Waals surface area contributed by atoms with Crippen molar-refractivity contribution in [2.24, 2.45) is 0 Å². The van der Waals surface area contributed by atoms with Crippen LogP contribution in [0.25, 0.3) is 70.9 Å². The van der Waals surface area contributed by atoms with Gasteiger partial charge >= 0.3 is 0 Å². The Morgan fingerprint density at radius 2 is 0.780 bits per heavy atom. The van der Waals surface area contributed by atoms with Crippen LogP contribution in [0.1, 0.15) is 0 Å². The monoisotopic (exact) mass is 636 g/mol. The standard InChI is InChI=1S/C48H32N2/c1-2-14-39(15-3-1)49(42-29-22-33-10-4-5-13-38(33)32-42)40-25-18-34(19-26-40)35-20-27-41(28-21-35)50-45-30-23-36-11-6-8-16-43(36)47(45)48-44-17-9-7-12-37(44)24-31-46(48)50/h1-32H. The molecule has 2 nitrogen and oxygen atoms in total. The summed E-state index contributed by atoms with van der Waals surface area (Å²) in [5.74, 6) is 0. The van der Waals surface area contributed by atoms with E-state index in [1.54, 1.807) is 0 Å². The van der Waals surface area contributed by atoms with Crippen LogP contribution < -0.4 is 4.90 Å². The predicted octanol–water partition coefficient (Wildman–Crippen LogP) is 13.4. The van der Waals surface area contributed by atoms with E-state index in [4.69, 9.17) is 0 Å². The number of aromatic nitrogens is 1. The highest BCUT2D eigenvalue weighted by molar-refractivity contribution is 6.28. The second-order valence-corrected chi connectivity index (χ2v) is 13.0. The van der Waals surface area contributed by atoms with Crippen LogP contribution in [0.15, 0.2) is 194 Å². The summed E-state index contributed by atoms with van der Waals surface area (Å²) in [6.07, 6.45) is 0. The maximum Gasteiger partial charge on any atom is 0.0547 e. The zero-order valence-electron chi connectivity index (χ0n) is 27.4. The number of hydrogen-bond acceptors (Lipinski definition) is 1. The molecule has 0 amide bonds. The van der Waals surface area contributed by atoms with E-state index in [1.807, 2.05) is 0 Å². The first-order chi connectivity index (χ1) is 24.8. The number of fused-ring (bicyclic) bond motifs is 8. The van der Waals surface area contributed by atoms with Gasteiger partial charge in [0.15, 0.2) is 0 Å². The van der Waals surface area contributed by atoms with Gasteiger partial charge in [-0.15, -0.1) is 0 Å². The molecule has 0 aliphatic carbocycles. The van der Waals surface area contributed by atoms with Crippen molar-refractivity contribution in [2.75, 3.05) is 4.90 Å². The fourth-order valence-corrected chi connectivity index (χ4v) is 7.77. The summed E-state index contributed by atoms with van der Waals surface area (Å²) in [4.78, 5) is 2.33. The Bertz CT molecular complexity index is 2750. The van der Waals surface area contributed by atoms with Gasteiger partial charge in [-0.1, -0.05) is 133 Å². The number of rotatable bonds is 5. The third-order valence-corrected chi connectivity index (χ3v) is 10.1. The van der Waals surface area contributed by atoms with Gasteiger partial charge in [-0.05, 0) is 104 Å². The molecule has 234 valence electrons. The lowest BCUT2D eigenvalue weighted by molar-refractivity contribution is 1.18. The number of nitrogens with zero attached hydrogens (tertiary/aromatic N) is 2. The zero-order chi connectivity index (χ0) is 33.0. The highest BCUT2D eigenvalue weighted by atomic mass is 15.1. The van der Waals surface area contributed by atoms with Gasteiger partial charge in [0.1, 0.15) is 0 Å². The summed E-state index contributed by atoms with van der Waals surface area (Å²) in [6, 6.07) is 70.4. The third kappa shape index (κ3) is 4.57. The number of hydrogen-bond donors (Lipinski definition) is 0. The fourth-order valence-electron chi connectivity index (χ4n) is 7.77. The molecule has 0 atom stereocenters. The van der Waals surface area contributed by atoms with Crippen molar-refractivity contribution >= 4 is 71.2 Å². The molecule has 2 heteroatoms. The molecule has 50 heavy (non-hydrogen) atoms. The molecule has 0 unspecified atom stereocenters. The molecule has 1 aromatic heterocycles. The van der Waals surface area contributed by atoms with E-state index in [0.29, 0.717) is 0 Å². The maximum absolute atomic E-state index is 2.43. The smallest absolute Gasteiger partial charge is 0.0547 e. The average Bonchev–Trinajstić information content (AvgIpc) is 3.54. The van der Waals surface area contributed by atoms with Crippen molar-refractivity contribution in [1.82, 2.24) is 4.57 Å². The van der Waals surface area contributed by atoms with Crippen molar-refractivity contribution in [3.05, 3.63) is 194 Å². The lowest BCUT2D eigenvalue weighted by atomic mass is 10.00. The second kappa shape index (κ2) is 11.5. The summed E-state index contributed by atoms with van der Waals surface area (Å²) >= 11 is 0. The Morgan fingerprint density at radius 1 is 0.320 bits per heavy atom. The van der Waals surface area contributed by atoms with Crippen molar-refractivity contribution in [1.29, 1.82) is 0 Å². The molecule has 0 radical (unpaired) electrons. The highest BCUT2D eigenvalue weighted by Gasteiger charge is 2.18. The van der Waals surface area contributed by atoms with Crippen LogP contribution in [0.5, 0.6) is 0 Å². The van der Waals surface area contributed by atoms with E-state index in [2.05, 4.69) is 204 Å². The maximum atomic E-state index is 2.43. The van der Waals surface area contributed by atoms with E-state index in [9.17, 15) is 0 Å². The van der Waals surface area contributed by atoms with Crippen molar-refractivity contribution in [2.45, 2.75) is 0 Å². The highest BCUT2D eigenvalue weighted by Crippen LogP contribution is 2.41. The van der Waals surface area contributed by atoms with E-state index in [1.165, 1.54) is 65.3 Å². The minimum Gasteiger partial charge on any atom is -0.310 e. The van der Waals surface area contributed by atoms with E-state index >= 15 is 0 Å². The van der Waals surface area contributed by atoms with E-state index in [0.717, 1.165) is 22.7 Å². The molecule has 0 bridgehead atoms. The Morgan fingerprint density at radius 3 is 1.40 bits per heavy atom. The van der Waals surface area contributed by atoms with Gasteiger partial charge in [0.2, 0.25) is 0 Å². The minimum atomic E-state index is 1.12. The molecule has 0 aliphatic rings. The lowest BCUT2D eigenvalue weighted by Gasteiger charge is -2.26. The van der Waals surface area contributed by atoms with Crippen LogP contribution in [0, 0.1) is 0 Å². The molecule has 0 spiro atoms. The van der Waals surface area contributed by atoms with Crippen molar-refractivity contribution in [3.8, 4) is 16.8 Å². The molecule has 0 saturated carbocycles. The van der Waals surface area contributed by atoms with Gasteiger partial charge in [0, 0.05) is 33.5 Å². The largest absolute Gasteiger partial charge is 0.310 e. The molecule has 0 N–H and O–H groups in total. The number of anilines is 3. The quantitative estimate of drug-likeness (QED) is 0.182. The predicted molar refractivity (Wildman–Crippen MR) is 213 cm³/mol. The molecular weight excluding hydrogens is 605 g/mol. The molecule has 9 aromatic carbocycles. The zero-order valence-corrected chi connectivity index (χ0v) is 27.4. The van der Waals surface area contributed by atoms with Crippen molar-refractivity contribution in [3.63, 3.8) is 0 Å². The molecule has 10 rings (SSSR count). The summed E-state index contributed by atoms with van der Waals surface area (Å²) in [5.41, 5.74) is 9.37. The van der Waals surface area contributed by atoms with Crippen LogP contribution in [0.3, 0.4) is 0 Å². The van der Waals surface area contributed by atoms with Gasteiger partial charge in [-0.25, -0.2) is 0 Å². The molecule has 0 saturated heterocycles. The van der Waals surface area contributed by atoms with Crippen LogP contribution in [-0.4, -0.2) is 4.57 Å². The topological polar surface area (TPSA) is 8.17 Å². The van der Waals surface area contributed by atoms with Crippen LogP contribution in [-0.2, 0) is 0 Å². The molecule has 1 heterocycles. The second-order valence-electron chi connectivity index (χ2n) is 13.0. The summed E-state index contributed by atoms with van der Waals surface area (Å²) in [6.45, 7) is 0. The minimum absolute atomic E-state index is 1.12. The first-order valence-electron chi connectivity index (χ1n) is 17.2. The summed E-state index contributed by atoms with van der Waals surface area (Å²) in [7, 11) is 0. The third-order valence-electron chi connectivity index (χ3n) is 10.1. The first-order valence-corrected chi connectivity index (χ1v) is 17.2. The average molecular weight is 637 g/mol. The number of benzene rings is 9. The van der Waals surface area contributed by atoms with Crippen LogP contribution >= 0.6 is 0 Å². The lowest BCUT2D eigenvalue weighted by Crippen LogP contribution is -2.09. The first kappa shape index (κ1) is 28.4. The molecule has 10 aromatic rings. The van der Waals surface area contributed by atoms with Crippen molar-refractivity contribution < 1.29 is 0 Å². The molecule has 0 aliphatic heterocycles. The van der Waals surface area contributed by atoms with Gasteiger partial charge in [0.25, 0.3) is 0 Å². The Kier molecular flexibility index (Phi) is 6.53. The van der Waals surface area contributed by atoms with E-state index in [-0.39, 0.29) is 0 Å². The summed E-state index contributed by atoms with van der Waals surface area (Å²) < 4.78 is 2.43. The van der Waals surface area contributed by atoms with Crippen LogP contribution in [0.4, 0.5) is 17.1 Å².